The van der Waals surface area contributed by atoms with E-state index in [-0.39, 0.29) is 24.9 Å². The molecular weight excluding hydrogens is 347 g/mol. The Morgan fingerprint density at radius 2 is 1.89 bits per heavy atom. The van der Waals surface area contributed by atoms with Gasteiger partial charge >= 0.3 is 5.97 Å². The first kappa shape index (κ1) is 20.4. The molecule has 0 unspecified atom stereocenters. The van der Waals surface area contributed by atoms with Gasteiger partial charge < -0.3 is 14.6 Å². The summed E-state index contributed by atoms with van der Waals surface area (Å²) in [4.78, 5) is 24.5. The molecule has 0 aliphatic heterocycles. The molecule has 0 atom stereocenters. The van der Waals surface area contributed by atoms with E-state index in [1.165, 1.54) is 12.1 Å². The lowest BCUT2D eigenvalue weighted by atomic mass is 10.1. The van der Waals surface area contributed by atoms with Crippen LogP contribution >= 0.6 is 0 Å². The van der Waals surface area contributed by atoms with E-state index in [2.05, 4.69) is 5.32 Å². The average molecular weight is 372 g/mol. The highest BCUT2D eigenvalue weighted by molar-refractivity contribution is 5.98. The van der Waals surface area contributed by atoms with Crippen LogP contribution in [0, 0.1) is 19.7 Å². The van der Waals surface area contributed by atoms with Crippen LogP contribution in [0.15, 0.2) is 30.3 Å². The Morgan fingerprint density at radius 1 is 1.19 bits per heavy atom. The van der Waals surface area contributed by atoms with E-state index >= 15 is 0 Å². The van der Waals surface area contributed by atoms with Crippen LogP contribution in [0.1, 0.15) is 46.7 Å². The molecule has 0 aliphatic carbocycles. The van der Waals surface area contributed by atoms with Crippen molar-refractivity contribution in [2.24, 2.45) is 0 Å². The molecule has 0 fully saturated rings. The van der Waals surface area contributed by atoms with E-state index < -0.39 is 5.97 Å². The van der Waals surface area contributed by atoms with Gasteiger partial charge in [-0.25, -0.2) is 9.18 Å². The molecule has 2 rings (SSSR count). The number of hydrogen-bond donors (Lipinski definition) is 1. The van der Waals surface area contributed by atoms with Crippen molar-refractivity contribution >= 4 is 18.0 Å². The molecule has 27 heavy (non-hydrogen) atoms. The van der Waals surface area contributed by atoms with Crippen molar-refractivity contribution in [1.82, 2.24) is 9.88 Å². The summed E-state index contributed by atoms with van der Waals surface area (Å²) in [5.41, 5.74) is 3.23. The molecule has 5 nitrogen and oxygen atoms in total. The van der Waals surface area contributed by atoms with Crippen LogP contribution in [-0.4, -0.2) is 23.1 Å². The van der Waals surface area contributed by atoms with E-state index in [0.717, 1.165) is 11.4 Å². The number of esters is 1. The first-order valence-corrected chi connectivity index (χ1v) is 8.96. The minimum Gasteiger partial charge on any atom is -0.462 e. The highest BCUT2D eigenvalue weighted by atomic mass is 19.1. The van der Waals surface area contributed by atoms with Crippen molar-refractivity contribution in [3.8, 4) is 0 Å². The van der Waals surface area contributed by atoms with Gasteiger partial charge in [0, 0.05) is 41.7 Å². The monoisotopic (exact) mass is 372 g/mol. The zero-order chi connectivity index (χ0) is 20.0. The third-order valence-corrected chi connectivity index (χ3v) is 4.44. The molecule has 144 valence electrons. The Bertz CT molecular complexity index is 869. The lowest BCUT2D eigenvalue weighted by Crippen LogP contribution is -2.20. The molecular formula is C21H25FN2O3. The van der Waals surface area contributed by atoms with Gasteiger partial charge in [0.25, 0.3) is 0 Å². The normalized spacial score (nSPS) is 11.0. The largest absolute Gasteiger partial charge is 0.462 e. The SMILES string of the molecule is CCOC(=O)c1c(/C=C/C(=O)NCc2ccccc2F)c(C)n(CC)c1C. The molecule has 1 aromatic heterocycles. The summed E-state index contributed by atoms with van der Waals surface area (Å²) < 4.78 is 20.8. The summed E-state index contributed by atoms with van der Waals surface area (Å²) in [6, 6.07) is 6.28. The number of nitrogens with one attached hydrogen (secondary N) is 1. The molecule has 6 heteroatoms. The van der Waals surface area contributed by atoms with E-state index in [0.29, 0.717) is 23.2 Å². The number of aromatic nitrogens is 1. The van der Waals surface area contributed by atoms with E-state index in [1.807, 2.05) is 25.3 Å². The third-order valence-electron chi connectivity index (χ3n) is 4.44. The van der Waals surface area contributed by atoms with Gasteiger partial charge in [-0.2, -0.15) is 0 Å². The van der Waals surface area contributed by atoms with Gasteiger partial charge in [0.05, 0.1) is 12.2 Å². The van der Waals surface area contributed by atoms with E-state index in [9.17, 15) is 14.0 Å². The maximum atomic E-state index is 13.6. The van der Waals surface area contributed by atoms with Crippen LogP contribution in [0.5, 0.6) is 0 Å². The minimum absolute atomic E-state index is 0.0918. The fraction of sp³-hybridized carbons (Fsp3) is 0.333. The summed E-state index contributed by atoms with van der Waals surface area (Å²) in [5.74, 6) is -1.14. The number of carbonyl (C=O) groups excluding carboxylic acids is 2. The highest BCUT2D eigenvalue weighted by Gasteiger charge is 2.22. The first-order chi connectivity index (χ1) is 12.9. The molecule has 0 saturated heterocycles. The summed E-state index contributed by atoms with van der Waals surface area (Å²) >= 11 is 0. The van der Waals surface area contributed by atoms with Gasteiger partial charge in [-0.05, 0) is 39.8 Å². The fourth-order valence-electron chi connectivity index (χ4n) is 3.09. The third kappa shape index (κ3) is 4.64. The number of amides is 1. The summed E-state index contributed by atoms with van der Waals surface area (Å²) in [5, 5.41) is 2.65. The quantitative estimate of drug-likeness (QED) is 0.594. The van der Waals surface area contributed by atoms with Gasteiger partial charge in [-0.15, -0.1) is 0 Å². The smallest absolute Gasteiger partial charge is 0.340 e. The van der Waals surface area contributed by atoms with Gasteiger partial charge in [-0.1, -0.05) is 18.2 Å². The second-order valence-electron chi connectivity index (χ2n) is 6.07. The first-order valence-electron chi connectivity index (χ1n) is 8.96. The van der Waals surface area contributed by atoms with Gasteiger partial charge in [-0.3, -0.25) is 4.79 Å². The van der Waals surface area contributed by atoms with Crippen molar-refractivity contribution in [3.05, 3.63) is 64.2 Å². The Kier molecular flexibility index (Phi) is 6.93. The number of carbonyl (C=O) groups is 2. The van der Waals surface area contributed by atoms with Crippen LogP contribution in [0.4, 0.5) is 4.39 Å². The second kappa shape index (κ2) is 9.16. The molecule has 0 aliphatic rings. The van der Waals surface area contributed by atoms with Crippen LogP contribution in [0.3, 0.4) is 0 Å². The number of hydrogen-bond acceptors (Lipinski definition) is 3. The number of ether oxygens (including phenoxy) is 1. The highest BCUT2D eigenvalue weighted by Crippen LogP contribution is 2.25. The molecule has 0 bridgehead atoms. The number of halogens is 1. The molecule has 1 N–H and O–H groups in total. The predicted molar refractivity (Wildman–Crippen MR) is 103 cm³/mol. The molecule has 2 aromatic rings. The maximum Gasteiger partial charge on any atom is 0.340 e. The van der Waals surface area contributed by atoms with E-state index in [1.54, 1.807) is 31.2 Å². The molecule has 1 aromatic carbocycles. The Hall–Kier alpha value is -2.89. The summed E-state index contributed by atoms with van der Waals surface area (Å²) in [6.07, 6.45) is 2.96. The van der Waals surface area contributed by atoms with Crippen LogP contribution < -0.4 is 5.32 Å². The van der Waals surface area contributed by atoms with E-state index in [4.69, 9.17) is 4.74 Å². The Morgan fingerprint density at radius 3 is 2.52 bits per heavy atom. The standard InChI is InChI=1S/C21H25FN2O3/c1-5-24-14(3)17(20(15(24)4)21(26)27-6-2)11-12-19(25)23-13-16-9-7-8-10-18(16)22/h7-12H,5-6,13H2,1-4H3,(H,23,25)/b12-11+. The number of rotatable bonds is 7. The Balaban J connectivity index is 2.21. The fourth-order valence-corrected chi connectivity index (χ4v) is 3.09. The molecule has 0 radical (unpaired) electrons. The summed E-state index contributed by atoms with van der Waals surface area (Å²) in [7, 11) is 0. The van der Waals surface area contributed by atoms with Crippen LogP contribution in [0.2, 0.25) is 0 Å². The lowest BCUT2D eigenvalue weighted by Gasteiger charge is -2.05. The molecule has 1 heterocycles. The molecule has 0 spiro atoms. The average Bonchev–Trinajstić information content (AvgIpc) is 2.88. The Labute approximate surface area is 158 Å². The second-order valence-corrected chi connectivity index (χ2v) is 6.07. The van der Waals surface area contributed by atoms with Crippen LogP contribution in [-0.2, 0) is 22.6 Å². The van der Waals surface area contributed by atoms with Crippen LogP contribution in [0.25, 0.3) is 6.08 Å². The molecule has 0 saturated carbocycles. The van der Waals surface area contributed by atoms with Crippen molar-refractivity contribution in [2.45, 2.75) is 40.8 Å². The lowest BCUT2D eigenvalue weighted by molar-refractivity contribution is -0.116. The summed E-state index contributed by atoms with van der Waals surface area (Å²) in [6.45, 7) is 8.58. The zero-order valence-corrected chi connectivity index (χ0v) is 16.1. The van der Waals surface area contributed by atoms with Gasteiger partial charge in [0.1, 0.15) is 5.82 Å². The predicted octanol–water partition coefficient (Wildman–Crippen LogP) is 3.77. The van der Waals surface area contributed by atoms with Crippen molar-refractivity contribution in [2.75, 3.05) is 6.61 Å². The number of nitrogens with zero attached hydrogens (tertiary/aromatic N) is 1. The topological polar surface area (TPSA) is 60.3 Å². The minimum atomic E-state index is -0.406. The van der Waals surface area contributed by atoms with Crippen molar-refractivity contribution < 1.29 is 18.7 Å². The number of benzene rings is 1. The van der Waals surface area contributed by atoms with Crippen molar-refractivity contribution in [3.63, 3.8) is 0 Å². The maximum absolute atomic E-state index is 13.6. The van der Waals surface area contributed by atoms with Crippen molar-refractivity contribution in [1.29, 1.82) is 0 Å². The zero-order valence-electron chi connectivity index (χ0n) is 16.1. The van der Waals surface area contributed by atoms with Gasteiger partial charge in [0.15, 0.2) is 0 Å². The van der Waals surface area contributed by atoms with Gasteiger partial charge in [0.2, 0.25) is 5.91 Å². The molecule has 1 amide bonds.